The lowest BCUT2D eigenvalue weighted by molar-refractivity contribution is -0.136. The highest BCUT2D eigenvalue weighted by molar-refractivity contribution is 6.39. The second kappa shape index (κ2) is 6.13. The van der Waals surface area contributed by atoms with Crippen molar-refractivity contribution in [2.24, 2.45) is 0 Å². The van der Waals surface area contributed by atoms with Gasteiger partial charge in [-0.2, -0.15) is 0 Å². The fourth-order valence-corrected chi connectivity index (χ4v) is 1.97. The molecule has 6 heteroatoms. The molecular weight excluding hydrogens is 272 g/mol. The number of rotatable bonds is 3. The predicted molar refractivity (Wildman–Crippen MR) is 76.8 cm³/mol. The lowest BCUT2D eigenvalue weighted by atomic mass is 10.1. The molecule has 0 atom stereocenters. The summed E-state index contributed by atoms with van der Waals surface area (Å²) in [5, 5.41) is 14.5. The molecule has 0 bridgehead atoms. The molecule has 1 heterocycles. The fraction of sp³-hybridized carbons (Fsp3) is 0.200. The highest BCUT2D eigenvalue weighted by Crippen LogP contribution is 2.25. The van der Waals surface area contributed by atoms with Crippen LogP contribution >= 0.6 is 0 Å². The molecular formula is C15H16N2O4. The summed E-state index contributed by atoms with van der Waals surface area (Å²) >= 11 is 0. The van der Waals surface area contributed by atoms with E-state index in [9.17, 15) is 14.7 Å². The molecule has 0 saturated heterocycles. The van der Waals surface area contributed by atoms with Gasteiger partial charge in [0.25, 0.3) is 0 Å². The molecule has 0 spiro atoms. The van der Waals surface area contributed by atoms with E-state index in [1.807, 2.05) is 0 Å². The quantitative estimate of drug-likeness (QED) is 0.594. The Balaban J connectivity index is 1.99. The Kier molecular flexibility index (Phi) is 4.27. The molecule has 2 amide bonds. The van der Waals surface area contributed by atoms with Gasteiger partial charge >= 0.3 is 11.8 Å². The van der Waals surface area contributed by atoms with E-state index in [2.05, 4.69) is 10.6 Å². The average molecular weight is 288 g/mol. The van der Waals surface area contributed by atoms with Crippen LogP contribution in [-0.2, 0) is 16.1 Å². The number of carbonyl (C=O) groups excluding carboxylic acids is 2. The Bertz CT molecular complexity index is 639. The molecule has 2 aromatic rings. The van der Waals surface area contributed by atoms with Crippen LogP contribution in [0.4, 0.5) is 5.69 Å². The molecule has 1 aromatic carbocycles. The SMILES string of the molecule is Cc1cc(O)cc(C)c1NC(=O)C(=O)NCc1ccco1. The van der Waals surface area contributed by atoms with Crippen LogP contribution in [0.1, 0.15) is 16.9 Å². The normalized spacial score (nSPS) is 10.2. The maximum Gasteiger partial charge on any atom is 0.313 e. The van der Waals surface area contributed by atoms with Crippen molar-refractivity contribution in [3.05, 3.63) is 47.4 Å². The standard InChI is InChI=1S/C15H16N2O4/c1-9-6-11(18)7-10(2)13(9)17-15(20)14(19)16-8-12-4-3-5-21-12/h3-7,18H,8H2,1-2H3,(H,16,19)(H,17,20). The van der Waals surface area contributed by atoms with Gasteiger partial charge in [0.2, 0.25) is 0 Å². The van der Waals surface area contributed by atoms with Gasteiger partial charge in [-0.3, -0.25) is 9.59 Å². The molecule has 2 rings (SSSR count). The van der Waals surface area contributed by atoms with Crippen molar-refractivity contribution in [3.63, 3.8) is 0 Å². The summed E-state index contributed by atoms with van der Waals surface area (Å²) in [7, 11) is 0. The number of phenolic OH excluding ortho intramolecular Hbond substituents is 1. The van der Waals surface area contributed by atoms with E-state index in [4.69, 9.17) is 4.42 Å². The van der Waals surface area contributed by atoms with Gasteiger partial charge in [-0.1, -0.05) is 0 Å². The maximum atomic E-state index is 11.8. The zero-order valence-electron chi connectivity index (χ0n) is 11.8. The minimum Gasteiger partial charge on any atom is -0.508 e. The van der Waals surface area contributed by atoms with Crippen LogP contribution in [0.2, 0.25) is 0 Å². The van der Waals surface area contributed by atoms with Crippen molar-refractivity contribution in [3.8, 4) is 5.75 Å². The maximum absolute atomic E-state index is 11.8. The number of benzene rings is 1. The zero-order chi connectivity index (χ0) is 15.4. The number of aromatic hydroxyl groups is 1. The van der Waals surface area contributed by atoms with Crippen molar-refractivity contribution in [2.75, 3.05) is 5.32 Å². The molecule has 0 radical (unpaired) electrons. The summed E-state index contributed by atoms with van der Waals surface area (Å²) in [5.41, 5.74) is 1.88. The second-order valence-corrected chi connectivity index (χ2v) is 4.67. The molecule has 0 aliphatic heterocycles. The Morgan fingerprint density at radius 1 is 1.19 bits per heavy atom. The number of hydrogen-bond acceptors (Lipinski definition) is 4. The van der Waals surface area contributed by atoms with Crippen molar-refractivity contribution < 1.29 is 19.1 Å². The van der Waals surface area contributed by atoms with Crippen LogP contribution in [0.15, 0.2) is 34.9 Å². The number of furan rings is 1. The fourth-order valence-electron chi connectivity index (χ4n) is 1.97. The molecule has 0 saturated carbocycles. The van der Waals surface area contributed by atoms with Crippen molar-refractivity contribution >= 4 is 17.5 Å². The third kappa shape index (κ3) is 3.62. The molecule has 110 valence electrons. The summed E-state index contributed by atoms with van der Waals surface area (Å²) in [6, 6.07) is 6.43. The molecule has 21 heavy (non-hydrogen) atoms. The van der Waals surface area contributed by atoms with E-state index in [1.54, 1.807) is 26.0 Å². The van der Waals surface area contributed by atoms with Crippen molar-refractivity contribution in [2.45, 2.75) is 20.4 Å². The monoisotopic (exact) mass is 288 g/mol. The largest absolute Gasteiger partial charge is 0.508 e. The van der Waals surface area contributed by atoms with Crippen LogP contribution in [-0.4, -0.2) is 16.9 Å². The highest BCUT2D eigenvalue weighted by Gasteiger charge is 2.16. The topological polar surface area (TPSA) is 91.6 Å². The Hall–Kier alpha value is -2.76. The van der Waals surface area contributed by atoms with Crippen LogP contribution in [0.3, 0.4) is 0 Å². The van der Waals surface area contributed by atoms with E-state index < -0.39 is 11.8 Å². The number of aryl methyl sites for hydroxylation is 2. The van der Waals surface area contributed by atoms with Gasteiger partial charge in [0, 0.05) is 5.69 Å². The lowest BCUT2D eigenvalue weighted by Crippen LogP contribution is -2.35. The van der Waals surface area contributed by atoms with Crippen LogP contribution in [0.5, 0.6) is 5.75 Å². The molecule has 0 aliphatic rings. The molecule has 0 unspecified atom stereocenters. The van der Waals surface area contributed by atoms with E-state index in [0.717, 1.165) is 0 Å². The first-order chi connectivity index (χ1) is 9.97. The number of hydrogen-bond donors (Lipinski definition) is 3. The highest BCUT2D eigenvalue weighted by atomic mass is 16.3. The summed E-state index contributed by atoms with van der Waals surface area (Å²) in [6.07, 6.45) is 1.49. The Morgan fingerprint density at radius 3 is 2.43 bits per heavy atom. The first-order valence-corrected chi connectivity index (χ1v) is 6.39. The van der Waals surface area contributed by atoms with Gasteiger partial charge < -0.3 is 20.2 Å². The first kappa shape index (κ1) is 14.6. The minimum absolute atomic E-state index is 0.116. The molecule has 3 N–H and O–H groups in total. The Labute approximate surface area is 121 Å². The van der Waals surface area contributed by atoms with Crippen molar-refractivity contribution in [1.29, 1.82) is 0 Å². The number of nitrogens with one attached hydrogen (secondary N) is 2. The average Bonchev–Trinajstić information content (AvgIpc) is 2.93. The Morgan fingerprint density at radius 2 is 1.86 bits per heavy atom. The van der Waals surface area contributed by atoms with E-state index in [0.29, 0.717) is 22.6 Å². The van der Waals surface area contributed by atoms with Crippen LogP contribution < -0.4 is 10.6 Å². The summed E-state index contributed by atoms with van der Waals surface area (Å²) < 4.78 is 5.06. The second-order valence-electron chi connectivity index (χ2n) is 4.67. The predicted octanol–water partition coefficient (Wildman–Crippen LogP) is 1.86. The first-order valence-electron chi connectivity index (χ1n) is 6.39. The number of phenols is 1. The van der Waals surface area contributed by atoms with Gasteiger partial charge in [0.1, 0.15) is 11.5 Å². The smallest absolute Gasteiger partial charge is 0.313 e. The van der Waals surface area contributed by atoms with Gasteiger partial charge in [0.05, 0.1) is 12.8 Å². The zero-order valence-corrected chi connectivity index (χ0v) is 11.8. The van der Waals surface area contributed by atoms with Crippen molar-refractivity contribution in [1.82, 2.24) is 5.32 Å². The number of anilines is 1. The molecule has 6 nitrogen and oxygen atoms in total. The van der Waals surface area contributed by atoms with E-state index in [-0.39, 0.29) is 12.3 Å². The third-order valence-corrected chi connectivity index (χ3v) is 2.97. The van der Waals surface area contributed by atoms with Gasteiger partial charge in [0.15, 0.2) is 0 Å². The summed E-state index contributed by atoms with van der Waals surface area (Å²) in [5.74, 6) is -0.838. The number of carbonyl (C=O) groups is 2. The van der Waals surface area contributed by atoms with E-state index in [1.165, 1.54) is 18.4 Å². The summed E-state index contributed by atoms with van der Waals surface area (Å²) in [6.45, 7) is 3.62. The number of amides is 2. The third-order valence-electron chi connectivity index (χ3n) is 2.97. The molecule has 1 aromatic heterocycles. The minimum atomic E-state index is -0.765. The molecule has 0 aliphatic carbocycles. The lowest BCUT2D eigenvalue weighted by Gasteiger charge is -2.12. The van der Waals surface area contributed by atoms with E-state index >= 15 is 0 Å². The van der Waals surface area contributed by atoms with Gasteiger partial charge in [-0.15, -0.1) is 0 Å². The van der Waals surface area contributed by atoms with Crippen LogP contribution in [0, 0.1) is 13.8 Å². The summed E-state index contributed by atoms with van der Waals surface area (Å²) in [4.78, 5) is 23.6. The van der Waals surface area contributed by atoms with Gasteiger partial charge in [-0.05, 0) is 49.2 Å². The van der Waals surface area contributed by atoms with Crippen LogP contribution in [0.25, 0.3) is 0 Å². The molecule has 0 fully saturated rings. The van der Waals surface area contributed by atoms with Gasteiger partial charge in [-0.25, -0.2) is 0 Å².